The summed E-state index contributed by atoms with van der Waals surface area (Å²) in [6.07, 6.45) is 1.54. The average molecular weight is 457 g/mol. The van der Waals surface area contributed by atoms with Gasteiger partial charge in [-0.1, -0.05) is 34.6 Å². The Morgan fingerprint density at radius 3 is 2.62 bits per heavy atom. The lowest BCUT2D eigenvalue weighted by molar-refractivity contribution is 0.242. The van der Waals surface area contributed by atoms with Gasteiger partial charge in [-0.3, -0.25) is 9.36 Å². The minimum atomic E-state index is -0.323. The minimum absolute atomic E-state index is 0.0774. The first-order valence-electron chi connectivity index (χ1n) is 10.9. The van der Waals surface area contributed by atoms with Crippen LogP contribution in [-0.2, 0) is 13.1 Å². The molecule has 172 valence electrons. The summed E-state index contributed by atoms with van der Waals surface area (Å²) in [5.41, 5.74) is 3.30. The van der Waals surface area contributed by atoms with Gasteiger partial charge < -0.3 is 9.26 Å². The number of hydrogen-bond donors (Lipinski definition) is 0. The topological polar surface area (TPSA) is 114 Å². The van der Waals surface area contributed by atoms with E-state index in [1.165, 1.54) is 10.9 Å². The molecule has 0 bridgehead atoms. The standard InChI is InChI=1S/C24H23N7O3/c1-15(2)33-19-10-8-17(9-11-19)22-26-20(34-28-22)13-30-14-25-23-21(24(30)32)27-29-31(23)12-18-7-5-4-6-16(18)3/h4-11,14-15H,12-13H2,1-3H3. The van der Waals surface area contributed by atoms with Crippen LogP contribution in [0.5, 0.6) is 5.75 Å². The first-order chi connectivity index (χ1) is 16.5. The summed E-state index contributed by atoms with van der Waals surface area (Å²) < 4.78 is 14.0. The molecule has 34 heavy (non-hydrogen) atoms. The second kappa shape index (κ2) is 8.89. The summed E-state index contributed by atoms with van der Waals surface area (Å²) in [4.78, 5) is 21.8. The molecule has 0 aliphatic rings. The van der Waals surface area contributed by atoms with Crippen LogP contribution in [0.3, 0.4) is 0 Å². The Kier molecular flexibility index (Phi) is 5.62. The van der Waals surface area contributed by atoms with Crippen molar-refractivity contribution in [2.75, 3.05) is 0 Å². The van der Waals surface area contributed by atoms with Gasteiger partial charge in [-0.2, -0.15) is 4.98 Å². The lowest BCUT2D eigenvalue weighted by Crippen LogP contribution is -2.21. The van der Waals surface area contributed by atoms with Crippen LogP contribution < -0.4 is 10.3 Å². The maximum Gasteiger partial charge on any atom is 0.283 e. The highest BCUT2D eigenvalue weighted by molar-refractivity contribution is 5.67. The highest BCUT2D eigenvalue weighted by Crippen LogP contribution is 2.21. The molecule has 10 nitrogen and oxygen atoms in total. The second-order valence-electron chi connectivity index (χ2n) is 8.23. The van der Waals surface area contributed by atoms with Crippen molar-refractivity contribution >= 4 is 11.2 Å². The molecule has 0 atom stereocenters. The lowest BCUT2D eigenvalue weighted by Gasteiger charge is -2.09. The highest BCUT2D eigenvalue weighted by Gasteiger charge is 2.15. The first kappa shape index (κ1) is 21.5. The number of aryl methyl sites for hydroxylation is 1. The third-order valence-electron chi connectivity index (χ3n) is 5.33. The molecule has 0 aliphatic carbocycles. The Balaban J connectivity index is 1.36. The van der Waals surface area contributed by atoms with Crippen molar-refractivity contribution in [1.82, 2.24) is 34.7 Å². The summed E-state index contributed by atoms with van der Waals surface area (Å²) in [5.74, 6) is 1.48. The number of ether oxygens (including phenoxy) is 1. The van der Waals surface area contributed by atoms with Crippen molar-refractivity contribution in [3.8, 4) is 17.1 Å². The third kappa shape index (κ3) is 4.29. The fourth-order valence-corrected chi connectivity index (χ4v) is 3.59. The van der Waals surface area contributed by atoms with Crippen LogP contribution >= 0.6 is 0 Å². The maximum absolute atomic E-state index is 13.0. The summed E-state index contributed by atoms with van der Waals surface area (Å²) in [6, 6.07) is 15.4. The molecule has 0 fully saturated rings. The van der Waals surface area contributed by atoms with Gasteiger partial charge in [0.25, 0.3) is 5.56 Å². The van der Waals surface area contributed by atoms with E-state index < -0.39 is 0 Å². The average Bonchev–Trinajstić information content (AvgIpc) is 3.45. The van der Waals surface area contributed by atoms with Gasteiger partial charge in [0.15, 0.2) is 11.2 Å². The van der Waals surface area contributed by atoms with E-state index in [2.05, 4.69) is 25.4 Å². The lowest BCUT2D eigenvalue weighted by atomic mass is 10.1. The van der Waals surface area contributed by atoms with Crippen molar-refractivity contribution in [3.63, 3.8) is 0 Å². The number of fused-ring (bicyclic) bond motifs is 1. The normalized spacial score (nSPS) is 11.4. The summed E-state index contributed by atoms with van der Waals surface area (Å²) in [5, 5.41) is 12.2. The van der Waals surface area contributed by atoms with Crippen LogP contribution in [0.25, 0.3) is 22.6 Å². The van der Waals surface area contributed by atoms with Crippen molar-refractivity contribution < 1.29 is 9.26 Å². The molecule has 3 heterocycles. The van der Waals surface area contributed by atoms with Crippen LogP contribution in [-0.4, -0.2) is 40.8 Å². The number of rotatable bonds is 7. The molecular weight excluding hydrogens is 434 g/mol. The molecule has 5 aromatic rings. The van der Waals surface area contributed by atoms with Gasteiger partial charge in [0.05, 0.1) is 12.6 Å². The quantitative estimate of drug-likeness (QED) is 0.366. The van der Waals surface area contributed by atoms with Gasteiger partial charge in [0.2, 0.25) is 11.7 Å². The highest BCUT2D eigenvalue weighted by atomic mass is 16.5. The predicted molar refractivity (Wildman–Crippen MR) is 124 cm³/mol. The molecule has 0 amide bonds. The Bertz CT molecular complexity index is 1500. The molecule has 2 aromatic carbocycles. The Morgan fingerprint density at radius 2 is 1.85 bits per heavy atom. The number of nitrogens with zero attached hydrogens (tertiary/aromatic N) is 7. The largest absolute Gasteiger partial charge is 0.491 e. The Hall–Kier alpha value is -4.34. The van der Waals surface area contributed by atoms with Crippen LogP contribution in [0.2, 0.25) is 0 Å². The minimum Gasteiger partial charge on any atom is -0.491 e. The molecule has 0 spiro atoms. The molecule has 0 aliphatic heterocycles. The molecule has 10 heteroatoms. The monoisotopic (exact) mass is 457 g/mol. The van der Waals surface area contributed by atoms with E-state index in [1.54, 1.807) is 4.68 Å². The fraction of sp³-hybridized carbons (Fsp3) is 0.250. The number of aromatic nitrogens is 7. The van der Waals surface area contributed by atoms with Crippen LogP contribution in [0, 0.1) is 6.92 Å². The van der Waals surface area contributed by atoms with E-state index in [1.807, 2.05) is 69.3 Å². The molecule has 0 saturated carbocycles. The van der Waals surface area contributed by atoms with Gasteiger partial charge in [-0.25, -0.2) is 9.67 Å². The summed E-state index contributed by atoms with van der Waals surface area (Å²) in [6.45, 7) is 6.53. The smallest absolute Gasteiger partial charge is 0.283 e. The van der Waals surface area contributed by atoms with Crippen molar-refractivity contribution in [2.24, 2.45) is 0 Å². The van der Waals surface area contributed by atoms with E-state index in [9.17, 15) is 4.79 Å². The zero-order chi connectivity index (χ0) is 23.7. The zero-order valence-electron chi connectivity index (χ0n) is 19.0. The van der Waals surface area contributed by atoms with Crippen molar-refractivity contribution in [2.45, 2.75) is 40.0 Å². The van der Waals surface area contributed by atoms with Crippen LogP contribution in [0.15, 0.2) is 64.2 Å². The van der Waals surface area contributed by atoms with E-state index in [0.29, 0.717) is 18.0 Å². The van der Waals surface area contributed by atoms with Crippen molar-refractivity contribution in [1.29, 1.82) is 0 Å². The van der Waals surface area contributed by atoms with Crippen LogP contribution in [0.4, 0.5) is 0 Å². The molecule has 0 radical (unpaired) electrons. The molecule has 0 saturated heterocycles. The predicted octanol–water partition coefficient (Wildman–Crippen LogP) is 3.23. The molecule has 0 N–H and O–H groups in total. The molecule has 0 unspecified atom stereocenters. The van der Waals surface area contributed by atoms with Crippen LogP contribution in [0.1, 0.15) is 30.9 Å². The van der Waals surface area contributed by atoms with Crippen molar-refractivity contribution in [3.05, 3.63) is 82.2 Å². The maximum atomic E-state index is 13.0. The second-order valence-corrected chi connectivity index (χ2v) is 8.23. The van der Waals surface area contributed by atoms with Gasteiger partial charge in [-0.05, 0) is 56.2 Å². The number of hydrogen-bond acceptors (Lipinski definition) is 8. The molecular formula is C24H23N7O3. The first-order valence-corrected chi connectivity index (χ1v) is 10.9. The van der Waals surface area contributed by atoms with E-state index >= 15 is 0 Å². The summed E-state index contributed by atoms with van der Waals surface area (Å²) in [7, 11) is 0. The van der Waals surface area contributed by atoms with E-state index in [4.69, 9.17) is 9.26 Å². The van der Waals surface area contributed by atoms with E-state index in [-0.39, 0.29) is 29.6 Å². The van der Waals surface area contributed by atoms with Gasteiger partial charge in [0, 0.05) is 5.56 Å². The Labute approximate surface area is 194 Å². The van der Waals surface area contributed by atoms with Gasteiger partial charge in [-0.15, -0.1) is 5.10 Å². The SMILES string of the molecule is Cc1ccccc1Cn1nnc2c(=O)n(Cc3nc(-c4ccc(OC(C)C)cc4)no3)cnc21. The van der Waals surface area contributed by atoms with Gasteiger partial charge in [0.1, 0.15) is 18.6 Å². The Morgan fingerprint density at radius 1 is 1.06 bits per heavy atom. The fourth-order valence-electron chi connectivity index (χ4n) is 3.59. The summed E-state index contributed by atoms with van der Waals surface area (Å²) >= 11 is 0. The number of benzene rings is 2. The van der Waals surface area contributed by atoms with Gasteiger partial charge >= 0.3 is 0 Å². The molecule has 5 rings (SSSR count). The van der Waals surface area contributed by atoms with E-state index in [0.717, 1.165) is 22.4 Å². The molecule has 3 aromatic heterocycles. The third-order valence-corrected chi connectivity index (χ3v) is 5.33. The zero-order valence-corrected chi connectivity index (χ0v) is 19.0.